The minimum Gasteiger partial charge on any atom is -0.352 e. The molecule has 0 fully saturated rings. The lowest BCUT2D eigenvalue weighted by Gasteiger charge is -2.30. The Labute approximate surface area is 166 Å². The number of carbonyl (C=O) groups excluding carboxylic acids is 1. The molecular weight excluding hydrogens is 346 g/mol. The molecule has 142 valence electrons. The maximum Gasteiger partial charge on any atom is 0.254 e. The zero-order chi connectivity index (χ0) is 19.3. The maximum atomic E-state index is 13.1. The molecule has 3 aromatic rings. The Balaban J connectivity index is 1.52. The summed E-state index contributed by atoms with van der Waals surface area (Å²) >= 11 is 0. The van der Waals surface area contributed by atoms with E-state index in [-0.39, 0.29) is 5.91 Å². The highest BCUT2D eigenvalue weighted by Crippen LogP contribution is 2.24. The van der Waals surface area contributed by atoms with Crippen LogP contribution in [0.5, 0.6) is 0 Å². The van der Waals surface area contributed by atoms with Crippen LogP contribution >= 0.6 is 0 Å². The number of nitrogens with zero attached hydrogens (tertiary/aromatic N) is 3. The van der Waals surface area contributed by atoms with Crippen molar-refractivity contribution in [1.29, 1.82) is 0 Å². The van der Waals surface area contributed by atoms with Crippen molar-refractivity contribution in [1.82, 2.24) is 9.88 Å². The van der Waals surface area contributed by atoms with Crippen LogP contribution in [0.25, 0.3) is 0 Å². The third-order valence-corrected chi connectivity index (χ3v) is 5.33. The number of benzene rings is 2. The first kappa shape index (κ1) is 18.2. The average Bonchev–Trinajstić information content (AvgIpc) is 2.77. The summed E-state index contributed by atoms with van der Waals surface area (Å²) in [5, 5.41) is 0. The molecule has 0 radical (unpaired) electrons. The Morgan fingerprint density at radius 1 is 1.04 bits per heavy atom. The summed E-state index contributed by atoms with van der Waals surface area (Å²) in [5.41, 5.74) is 4.58. The van der Waals surface area contributed by atoms with Crippen LogP contribution in [0.1, 0.15) is 34.0 Å². The molecule has 1 aliphatic heterocycles. The van der Waals surface area contributed by atoms with Crippen LogP contribution < -0.4 is 4.90 Å². The number of pyridine rings is 1. The van der Waals surface area contributed by atoms with E-state index in [2.05, 4.69) is 46.3 Å². The summed E-state index contributed by atoms with van der Waals surface area (Å²) in [4.78, 5) is 21.8. The van der Waals surface area contributed by atoms with Gasteiger partial charge in [-0.25, -0.2) is 4.98 Å². The van der Waals surface area contributed by atoms with Gasteiger partial charge in [0.1, 0.15) is 5.82 Å². The molecule has 0 N–H and O–H groups in total. The van der Waals surface area contributed by atoms with Crippen molar-refractivity contribution in [2.24, 2.45) is 0 Å². The fraction of sp³-hybridized carbons (Fsp3) is 0.250. The predicted octanol–water partition coefficient (Wildman–Crippen LogP) is 4.31. The van der Waals surface area contributed by atoms with Gasteiger partial charge in [0.15, 0.2) is 0 Å². The highest BCUT2D eigenvalue weighted by molar-refractivity contribution is 5.94. The van der Waals surface area contributed by atoms with Crippen molar-refractivity contribution in [3.63, 3.8) is 0 Å². The van der Waals surface area contributed by atoms with Gasteiger partial charge in [0.05, 0.1) is 0 Å². The van der Waals surface area contributed by atoms with Crippen molar-refractivity contribution in [3.8, 4) is 0 Å². The van der Waals surface area contributed by atoms with E-state index in [1.165, 1.54) is 11.1 Å². The first-order valence-electron chi connectivity index (χ1n) is 9.85. The molecule has 0 bridgehead atoms. The van der Waals surface area contributed by atoms with Crippen molar-refractivity contribution in [2.75, 3.05) is 18.0 Å². The summed E-state index contributed by atoms with van der Waals surface area (Å²) in [6.45, 7) is 5.06. The molecule has 0 spiro atoms. The molecule has 0 saturated heterocycles. The normalized spacial score (nSPS) is 13.1. The Bertz CT molecular complexity index is 955. The smallest absolute Gasteiger partial charge is 0.254 e. The molecule has 1 aliphatic rings. The number of hydrogen-bond acceptors (Lipinski definition) is 3. The lowest BCUT2D eigenvalue weighted by molar-refractivity contribution is 0.0752. The fourth-order valence-electron chi connectivity index (χ4n) is 3.73. The number of hydrogen-bond donors (Lipinski definition) is 0. The summed E-state index contributed by atoms with van der Waals surface area (Å²) in [6, 6.07) is 22.4. The highest BCUT2D eigenvalue weighted by atomic mass is 16.2. The van der Waals surface area contributed by atoms with Gasteiger partial charge in [-0.15, -0.1) is 0 Å². The van der Waals surface area contributed by atoms with Gasteiger partial charge in [0.25, 0.3) is 5.91 Å². The van der Waals surface area contributed by atoms with Gasteiger partial charge in [0.2, 0.25) is 0 Å². The van der Waals surface area contributed by atoms with Crippen molar-refractivity contribution in [2.45, 2.75) is 26.4 Å². The second kappa shape index (κ2) is 8.26. The number of aromatic nitrogens is 1. The van der Waals surface area contributed by atoms with Crippen molar-refractivity contribution in [3.05, 3.63) is 95.2 Å². The van der Waals surface area contributed by atoms with Gasteiger partial charge >= 0.3 is 0 Å². The van der Waals surface area contributed by atoms with Crippen molar-refractivity contribution < 1.29 is 4.79 Å². The molecule has 1 amide bonds. The van der Waals surface area contributed by atoms with Gasteiger partial charge in [-0.2, -0.15) is 0 Å². The van der Waals surface area contributed by atoms with Crippen LogP contribution in [-0.4, -0.2) is 28.9 Å². The van der Waals surface area contributed by atoms with Gasteiger partial charge in [-0.05, 0) is 42.2 Å². The zero-order valence-electron chi connectivity index (χ0n) is 16.2. The number of amides is 1. The van der Waals surface area contributed by atoms with Gasteiger partial charge in [0, 0.05) is 37.9 Å². The molecule has 4 rings (SSSR count). The van der Waals surface area contributed by atoms with Crippen LogP contribution in [0.4, 0.5) is 5.82 Å². The van der Waals surface area contributed by atoms with E-state index >= 15 is 0 Å². The zero-order valence-corrected chi connectivity index (χ0v) is 16.2. The van der Waals surface area contributed by atoms with E-state index in [9.17, 15) is 4.79 Å². The second-order valence-corrected chi connectivity index (χ2v) is 7.15. The van der Waals surface area contributed by atoms with E-state index in [4.69, 9.17) is 0 Å². The third-order valence-electron chi connectivity index (χ3n) is 5.33. The van der Waals surface area contributed by atoms with E-state index in [0.717, 1.165) is 30.9 Å². The lowest BCUT2D eigenvalue weighted by atomic mass is 10.00. The first-order valence-corrected chi connectivity index (χ1v) is 9.85. The van der Waals surface area contributed by atoms with Gasteiger partial charge in [-0.1, -0.05) is 54.6 Å². The Morgan fingerprint density at radius 3 is 2.57 bits per heavy atom. The molecule has 2 aromatic carbocycles. The summed E-state index contributed by atoms with van der Waals surface area (Å²) in [6.07, 6.45) is 2.75. The Hall–Kier alpha value is -3.14. The van der Waals surface area contributed by atoms with Gasteiger partial charge < -0.3 is 9.80 Å². The summed E-state index contributed by atoms with van der Waals surface area (Å²) in [5.74, 6) is 0.920. The van der Waals surface area contributed by atoms with Gasteiger partial charge in [-0.3, -0.25) is 4.79 Å². The predicted molar refractivity (Wildman–Crippen MR) is 112 cm³/mol. The maximum absolute atomic E-state index is 13.1. The molecule has 28 heavy (non-hydrogen) atoms. The quantitative estimate of drug-likeness (QED) is 0.671. The second-order valence-electron chi connectivity index (χ2n) is 7.15. The van der Waals surface area contributed by atoms with Crippen LogP contribution in [0.15, 0.2) is 72.9 Å². The minimum atomic E-state index is 0.0485. The topological polar surface area (TPSA) is 36.4 Å². The first-order chi connectivity index (χ1) is 13.7. The standard InChI is InChI=1S/C24H25N3O/c1-2-26(17-19-8-4-3-5-9-19)24(28)21-12-14-25-23(16-21)27-15-13-20-10-6-7-11-22(20)18-27/h3-12,14,16H,2,13,15,17-18H2,1H3. The van der Waals surface area contributed by atoms with E-state index < -0.39 is 0 Å². The molecule has 4 heteroatoms. The van der Waals surface area contributed by atoms with Crippen LogP contribution in [0.3, 0.4) is 0 Å². The molecule has 1 aromatic heterocycles. The summed E-state index contributed by atoms with van der Waals surface area (Å²) < 4.78 is 0. The van der Waals surface area contributed by atoms with E-state index in [1.54, 1.807) is 6.20 Å². The largest absolute Gasteiger partial charge is 0.352 e. The van der Waals surface area contributed by atoms with Crippen LogP contribution in [-0.2, 0) is 19.5 Å². The van der Waals surface area contributed by atoms with Crippen molar-refractivity contribution >= 4 is 11.7 Å². The highest BCUT2D eigenvalue weighted by Gasteiger charge is 2.20. The number of anilines is 1. The minimum absolute atomic E-state index is 0.0485. The fourth-order valence-corrected chi connectivity index (χ4v) is 3.73. The average molecular weight is 371 g/mol. The van der Waals surface area contributed by atoms with Crippen LogP contribution in [0, 0.1) is 0 Å². The van der Waals surface area contributed by atoms with E-state index in [0.29, 0.717) is 18.7 Å². The number of rotatable bonds is 5. The molecule has 2 heterocycles. The van der Waals surface area contributed by atoms with Crippen LogP contribution in [0.2, 0.25) is 0 Å². The molecule has 0 unspecified atom stereocenters. The monoisotopic (exact) mass is 371 g/mol. The SMILES string of the molecule is CCN(Cc1ccccc1)C(=O)c1ccnc(N2CCc3ccccc3C2)c1. The molecule has 4 nitrogen and oxygen atoms in total. The van der Waals surface area contributed by atoms with E-state index in [1.807, 2.05) is 42.2 Å². The Morgan fingerprint density at radius 2 is 1.79 bits per heavy atom. The third kappa shape index (κ3) is 3.91. The number of carbonyl (C=O) groups is 1. The lowest BCUT2D eigenvalue weighted by Crippen LogP contribution is -2.32. The molecule has 0 aliphatic carbocycles. The molecular formula is C24H25N3O. The Kier molecular flexibility index (Phi) is 5.38. The number of fused-ring (bicyclic) bond motifs is 1. The summed E-state index contributed by atoms with van der Waals surface area (Å²) in [7, 11) is 0. The molecule has 0 saturated carbocycles. The molecule has 0 atom stereocenters.